The molecule has 1 amide bonds. The van der Waals surface area contributed by atoms with Crippen molar-refractivity contribution in [2.75, 3.05) is 11.9 Å². The van der Waals surface area contributed by atoms with Gasteiger partial charge in [-0.25, -0.2) is 4.98 Å². The van der Waals surface area contributed by atoms with Crippen molar-refractivity contribution >= 4 is 23.3 Å². The Morgan fingerprint density at radius 2 is 2.00 bits per heavy atom. The smallest absolute Gasteiger partial charge is 0.259 e. The quantitative estimate of drug-likeness (QED) is 0.804. The molecule has 0 unspecified atom stereocenters. The van der Waals surface area contributed by atoms with Gasteiger partial charge in [0.2, 0.25) is 0 Å². The molecule has 3 nitrogen and oxygen atoms in total. The molecule has 19 heavy (non-hydrogen) atoms. The Morgan fingerprint density at radius 3 is 2.68 bits per heavy atom. The van der Waals surface area contributed by atoms with E-state index in [-0.39, 0.29) is 5.91 Å². The summed E-state index contributed by atoms with van der Waals surface area (Å²) < 4.78 is 0. The van der Waals surface area contributed by atoms with Crippen molar-refractivity contribution in [2.45, 2.75) is 12.8 Å². The molecule has 0 spiro atoms. The lowest BCUT2D eigenvalue weighted by Crippen LogP contribution is -2.27. The zero-order chi connectivity index (χ0) is 13.8. The lowest BCUT2D eigenvalue weighted by molar-refractivity contribution is 0.0992. The minimum Gasteiger partial charge on any atom is -0.296 e. The first-order valence-corrected chi connectivity index (χ1v) is 6.52. The van der Waals surface area contributed by atoms with Crippen LogP contribution in [-0.4, -0.2) is 17.9 Å². The fraction of sp³-hybridized carbons (Fsp3) is 0.200. The number of nitrogens with zero attached hydrogens (tertiary/aromatic N) is 2. The molecular formula is C15H15ClN2O. The van der Waals surface area contributed by atoms with Gasteiger partial charge in [0.15, 0.2) is 0 Å². The van der Waals surface area contributed by atoms with Gasteiger partial charge in [-0.15, -0.1) is 11.6 Å². The highest BCUT2D eigenvalue weighted by Gasteiger charge is 2.14. The molecule has 2 rings (SSSR count). The van der Waals surface area contributed by atoms with Gasteiger partial charge in [-0.05, 0) is 36.8 Å². The molecule has 1 aromatic heterocycles. The highest BCUT2D eigenvalue weighted by atomic mass is 35.5. The van der Waals surface area contributed by atoms with E-state index in [9.17, 15) is 4.79 Å². The molecule has 4 heteroatoms. The van der Waals surface area contributed by atoms with Gasteiger partial charge in [-0.2, -0.15) is 0 Å². The van der Waals surface area contributed by atoms with Crippen LogP contribution in [0.25, 0.3) is 0 Å². The Morgan fingerprint density at radius 1 is 1.26 bits per heavy atom. The van der Waals surface area contributed by atoms with Gasteiger partial charge in [0.25, 0.3) is 5.91 Å². The molecule has 1 heterocycles. The number of alkyl halides is 1. The van der Waals surface area contributed by atoms with Crippen molar-refractivity contribution in [1.29, 1.82) is 0 Å². The maximum absolute atomic E-state index is 12.4. The van der Waals surface area contributed by atoms with Crippen molar-refractivity contribution in [1.82, 2.24) is 4.98 Å². The third kappa shape index (κ3) is 3.12. The first-order valence-electron chi connectivity index (χ1n) is 5.98. The summed E-state index contributed by atoms with van der Waals surface area (Å²) in [5, 5.41) is 0. The molecular weight excluding hydrogens is 260 g/mol. The van der Waals surface area contributed by atoms with Crippen LogP contribution in [0.15, 0.2) is 42.5 Å². The minimum atomic E-state index is -0.0925. The largest absolute Gasteiger partial charge is 0.296 e. The topological polar surface area (TPSA) is 33.2 Å². The van der Waals surface area contributed by atoms with E-state index in [0.29, 0.717) is 17.3 Å². The highest BCUT2D eigenvalue weighted by molar-refractivity contribution is 6.17. The van der Waals surface area contributed by atoms with Crippen LogP contribution in [0.4, 0.5) is 5.82 Å². The molecule has 0 saturated heterocycles. The Balaban J connectivity index is 2.28. The Kier molecular flexibility index (Phi) is 4.17. The van der Waals surface area contributed by atoms with Gasteiger partial charge in [-0.3, -0.25) is 9.69 Å². The van der Waals surface area contributed by atoms with Crippen molar-refractivity contribution in [2.24, 2.45) is 0 Å². The summed E-state index contributed by atoms with van der Waals surface area (Å²) in [5.41, 5.74) is 2.42. The average Bonchev–Trinajstić information content (AvgIpc) is 2.45. The lowest BCUT2D eigenvalue weighted by atomic mass is 10.1. The Hall–Kier alpha value is -1.87. The molecule has 0 bridgehead atoms. The van der Waals surface area contributed by atoms with Crippen LogP contribution < -0.4 is 4.90 Å². The van der Waals surface area contributed by atoms with E-state index in [1.807, 2.05) is 43.3 Å². The van der Waals surface area contributed by atoms with Crippen molar-refractivity contribution < 1.29 is 4.79 Å². The van der Waals surface area contributed by atoms with Gasteiger partial charge in [0, 0.05) is 24.2 Å². The number of amides is 1. The second kappa shape index (κ2) is 5.85. The first kappa shape index (κ1) is 13.6. The molecule has 2 aromatic rings. The third-order valence-corrected chi connectivity index (χ3v) is 3.16. The molecule has 0 radical (unpaired) electrons. The van der Waals surface area contributed by atoms with E-state index in [0.717, 1.165) is 11.3 Å². The first-order chi connectivity index (χ1) is 9.11. The number of benzene rings is 1. The van der Waals surface area contributed by atoms with E-state index in [1.165, 1.54) is 0 Å². The van der Waals surface area contributed by atoms with Crippen molar-refractivity contribution in [3.63, 3.8) is 0 Å². The summed E-state index contributed by atoms with van der Waals surface area (Å²) in [6, 6.07) is 12.9. The number of hydrogen-bond acceptors (Lipinski definition) is 2. The zero-order valence-electron chi connectivity index (χ0n) is 10.9. The van der Waals surface area contributed by atoms with Crippen LogP contribution in [0.5, 0.6) is 0 Å². The summed E-state index contributed by atoms with van der Waals surface area (Å²) >= 11 is 5.78. The summed E-state index contributed by atoms with van der Waals surface area (Å²) in [7, 11) is 1.72. The van der Waals surface area contributed by atoms with Crippen molar-refractivity contribution in [3.05, 3.63) is 59.3 Å². The van der Waals surface area contributed by atoms with E-state index in [1.54, 1.807) is 18.0 Å². The molecule has 0 fully saturated rings. The van der Waals surface area contributed by atoms with Gasteiger partial charge < -0.3 is 0 Å². The van der Waals surface area contributed by atoms with Crippen LogP contribution in [0.2, 0.25) is 0 Å². The Labute approximate surface area is 117 Å². The van der Waals surface area contributed by atoms with Gasteiger partial charge in [-0.1, -0.05) is 18.2 Å². The molecule has 1 aromatic carbocycles. The zero-order valence-corrected chi connectivity index (χ0v) is 11.7. The maximum Gasteiger partial charge on any atom is 0.259 e. The normalized spacial score (nSPS) is 10.3. The van der Waals surface area contributed by atoms with E-state index >= 15 is 0 Å². The fourth-order valence-electron chi connectivity index (χ4n) is 1.80. The van der Waals surface area contributed by atoms with Crippen LogP contribution in [0.1, 0.15) is 21.6 Å². The number of pyridine rings is 1. The third-order valence-electron chi connectivity index (χ3n) is 2.85. The molecule has 0 atom stereocenters. The van der Waals surface area contributed by atoms with Gasteiger partial charge >= 0.3 is 0 Å². The molecule has 0 aliphatic carbocycles. The van der Waals surface area contributed by atoms with E-state index in [2.05, 4.69) is 4.98 Å². The molecule has 0 aliphatic rings. The minimum absolute atomic E-state index is 0.0925. The molecule has 0 N–H and O–H groups in total. The number of carbonyl (C=O) groups excluding carboxylic acids is 1. The SMILES string of the molecule is Cc1cccc(N(C)C(=O)c2cccc(CCl)c2)n1. The highest BCUT2D eigenvalue weighted by Crippen LogP contribution is 2.15. The standard InChI is InChI=1S/C15H15ClN2O/c1-11-5-3-8-14(17-11)18(2)15(19)13-7-4-6-12(9-13)10-16/h3-9H,10H2,1-2H3. The van der Waals surface area contributed by atoms with Crippen LogP contribution >= 0.6 is 11.6 Å². The number of anilines is 1. The lowest BCUT2D eigenvalue weighted by Gasteiger charge is -2.17. The molecule has 0 aliphatic heterocycles. The van der Waals surface area contributed by atoms with Gasteiger partial charge in [0.05, 0.1) is 0 Å². The van der Waals surface area contributed by atoms with E-state index < -0.39 is 0 Å². The van der Waals surface area contributed by atoms with Crippen LogP contribution in [0.3, 0.4) is 0 Å². The van der Waals surface area contributed by atoms with Crippen LogP contribution in [0, 0.1) is 6.92 Å². The number of carbonyl (C=O) groups is 1. The fourth-order valence-corrected chi connectivity index (χ4v) is 1.97. The maximum atomic E-state index is 12.4. The second-order valence-corrected chi connectivity index (χ2v) is 4.60. The summed E-state index contributed by atoms with van der Waals surface area (Å²) in [5.74, 6) is 0.944. The monoisotopic (exact) mass is 274 g/mol. The van der Waals surface area contributed by atoms with Gasteiger partial charge in [0.1, 0.15) is 5.82 Å². The molecule has 0 saturated carbocycles. The predicted molar refractivity (Wildman–Crippen MR) is 77.7 cm³/mol. The number of aromatic nitrogens is 1. The number of aryl methyl sites for hydroxylation is 1. The number of halogens is 1. The average molecular weight is 275 g/mol. The van der Waals surface area contributed by atoms with E-state index in [4.69, 9.17) is 11.6 Å². The second-order valence-electron chi connectivity index (χ2n) is 4.34. The summed E-state index contributed by atoms with van der Waals surface area (Å²) in [6.45, 7) is 1.90. The predicted octanol–water partition coefficient (Wildman–Crippen LogP) is 3.41. The molecule has 98 valence electrons. The summed E-state index contributed by atoms with van der Waals surface area (Å²) in [6.07, 6.45) is 0. The Bertz CT molecular complexity index is 598. The van der Waals surface area contributed by atoms with Crippen molar-refractivity contribution in [3.8, 4) is 0 Å². The van der Waals surface area contributed by atoms with Crippen LogP contribution in [-0.2, 0) is 5.88 Å². The number of rotatable bonds is 3. The number of hydrogen-bond donors (Lipinski definition) is 0. The summed E-state index contributed by atoms with van der Waals surface area (Å²) in [4.78, 5) is 18.3.